The lowest BCUT2D eigenvalue weighted by atomic mass is 9.95. The van der Waals surface area contributed by atoms with Gasteiger partial charge in [-0.2, -0.15) is 0 Å². The fraction of sp³-hybridized carbons (Fsp3) is 0.412. The molecule has 1 aliphatic heterocycles. The maximum atomic E-state index is 5.67. The summed E-state index contributed by atoms with van der Waals surface area (Å²) in [4.78, 5) is 1.38. The Kier molecular flexibility index (Phi) is 3.92. The summed E-state index contributed by atoms with van der Waals surface area (Å²) in [5.74, 6) is 0. The highest BCUT2D eigenvalue weighted by molar-refractivity contribution is 7.10. The van der Waals surface area contributed by atoms with E-state index in [2.05, 4.69) is 60.9 Å². The minimum atomic E-state index is 0.108. The molecule has 0 saturated carbocycles. The Balaban J connectivity index is 1.66. The number of rotatable bonds is 4. The highest BCUT2D eigenvalue weighted by Gasteiger charge is 2.36. The van der Waals surface area contributed by atoms with Crippen molar-refractivity contribution < 1.29 is 4.74 Å². The Bertz CT molecular complexity index is 565. The van der Waals surface area contributed by atoms with Gasteiger partial charge in [-0.3, -0.25) is 0 Å². The van der Waals surface area contributed by atoms with Crippen molar-refractivity contribution in [1.82, 2.24) is 5.32 Å². The van der Waals surface area contributed by atoms with Gasteiger partial charge in [-0.15, -0.1) is 11.3 Å². The minimum absolute atomic E-state index is 0.108. The molecule has 0 aliphatic carbocycles. The van der Waals surface area contributed by atoms with E-state index in [0.29, 0.717) is 0 Å². The number of hydrogen-bond acceptors (Lipinski definition) is 3. The molecule has 2 atom stereocenters. The van der Waals surface area contributed by atoms with Crippen LogP contribution in [0.3, 0.4) is 0 Å². The summed E-state index contributed by atoms with van der Waals surface area (Å²) in [6.45, 7) is 6.20. The molecule has 0 spiro atoms. The van der Waals surface area contributed by atoms with E-state index in [1.807, 2.05) is 11.3 Å². The third-order valence-electron chi connectivity index (χ3n) is 4.31. The number of ether oxygens (including phenoxy) is 1. The molecule has 1 aliphatic rings. The molecular formula is C17H21NOS. The quantitative estimate of drug-likeness (QED) is 0.915. The predicted molar refractivity (Wildman–Crippen MR) is 85.0 cm³/mol. The Labute approximate surface area is 124 Å². The van der Waals surface area contributed by atoms with Crippen molar-refractivity contribution >= 4 is 11.3 Å². The highest BCUT2D eigenvalue weighted by atomic mass is 32.1. The van der Waals surface area contributed by atoms with E-state index in [1.54, 1.807) is 0 Å². The standard InChI is InChI=1S/C17H21NOS/c1-13-17(2,8-9-19-13)18-11-16-10-15(12-20-16)14-6-4-3-5-7-14/h3-7,10,12-13,18H,8-9,11H2,1-2H3. The van der Waals surface area contributed by atoms with Crippen LogP contribution in [0.4, 0.5) is 0 Å². The predicted octanol–water partition coefficient (Wildman–Crippen LogP) is 4.07. The summed E-state index contributed by atoms with van der Waals surface area (Å²) in [7, 11) is 0. The molecule has 2 aromatic rings. The first-order valence-corrected chi connectivity index (χ1v) is 8.05. The van der Waals surface area contributed by atoms with E-state index < -0.39 is 0 Å². The topological polar surface area (TPSA) is 21.3 Å². The Morgan fingerprint density at radius 1 is 1.30 bits per heavy atom. The van der Waals surface area contributed by atoms with Gasteiger partial charge in [0.2, 0.25) is 0 Å². The molecule has 1 aromatic carbocycles. The van der Waals surface area contributed by atoms with Gasteiger partial charge < -0.3 is 10.1 Å². The van der Waals surface area contributed by atoms with Crippen LogP contribution in [0.2, 0.25) is 0 Å². The van der Waals surface area contributed by atoms with Gasteiger partial charge in [0.1, 0.15) is 0 Å². The van der Waals surface area contributed by atoms with Crippen LogP contribution < -0.4 is 5.32 Å². The van der Waals surface area contributed by atoms with E-state index >= 15 is 0 Å². The van der Waals surface area contributed by atoms with Crippen molar-refractivity contribution in [3.8, 4) is 11.1 Å². The summed E-state index contributed by atoms with van der Waals surface area (Å²) < 4.78 is 5.67. The zero-order valence-electron chi connectivity index (χ0n) is 12.1. The SMILES string of the molecule is CC1OCCC1(C)NCc1cc(-c2ccccc2)cs1. The van der Waals surface area contributed by atoms with Crippen molar-refractivity contribution in [2.45, 2.75) is 38.5 Å². The van der Waals surface area contributed by atoms with Crippen molar-refractivity contribution in [3.63, 3.8) is 0 Å². The van der Waals surface area contributed by atoms with E-state index in [9.17, 15) is 0 Å². The zero-order chi connectivity index (χ0) is 14.0. The molecule has 2 unspecified atom stereocenters. The molecule has 1 fully saturated rings. The normalized spacial score (nSPS) is 26.0. The average Bonchev–Trinajstić information content (AvgIpc) is 3.06. The molecule has 0 bridgehead atoms. The molecule has 20 heavy (non-hydrogen) atoms. The number of hydrogen-bond donors (Lipinski definition) is 1. The first-order valence-electron chi connectivity index (χ1n) is 7.17. The van der Waals surface area contributed by atoms with Crippen LogP contribution >= 0.6 is 11.3 Å². The molecule has 1 aromatic heterocycles. The van der Waals surface area contributed by atoms with Gasteiger partial charge in [0.25, 0.3) is 0 Å². The largest absolute Gasteiger partial charge is 0.377 e. The van der Waals surface area contributed by atoms with Crippen LogP contribution in [0.5, 0.6) is 0 Å². The minimum Gasteiger partial charge on any atom is -0.377 e. The van der Waals surface area contributed by atoms with Crippen molar-refractivity contribution in [1.29, 1.82) is 0 Å². The van der Waals surface area contributed by atoms with E-state index in [4.69, 9.17) is 4.74 Å². The van der Waals surface area contributed by atoms with Crippen LogP contribution in [0.15, 0.2) is 41.8 Å². The van der Waals surface area contributed by atoms with Gasteiger partial charge >= 0.3 is 0 Å². The van der Waals surface area contributed by atoms with Crippen molar-refractivity contribution in [3.05, 3.63) is 46.7 Å². The van der Waals surface area contributed by atoms with E-state index in [-0.39, 0.29) is 11.6 Å². The molecule has 1 saturated heterocycles. The van der Waals surface area contributed by atoms with Gasteiger partial charge in [-0.1, -0.05) is 30.3 Å². The van der Waals surface area contributed by atoms with E-state index in [0.717, 1.165) is 19.6 Å². The van der Waals surface area contributed by atoms with E-state index in [1.165, 1.54) is 16.0 Å². The van der Waals surface area contributed by atoms with Crippen LogP contribution in [0.25, 0.3) is 11.1 Å². The summed E-state index contributed by atoms with van der Waals surface area (Å²) in [6.07, 6.45) is 1.38. The molecular weight excluding hydrogens is 266 g/mol. The van der Waals surface area contributed by atoms with Crippen LogP contribution in [-0.2, 0) is 11.3 Å². The molecule has 0 radical (unpaired) electrons. The Morgan fingerprint density at radius 3 is 2.80 bits per heavy atom. The lowest BCUT2D eigenvalue weighted by Gasteiger charge is -2.28. The van der Waals surface area contributed by atoms with Gasteiger partial charge in [-0.05, 0) is 42.8 Å². The maximum absolute atomic E-state index is 5.67. The molecule has 1 N–H and O–H groups in total. The van der Waals surface area contributed by atoms with Gasteiger partial charge in [0.05, 0.1) is 6.10 Å². The first-order chi connectivity index (χ1) is 9.67. The second-order valence-corrected chi connectivity index (χ2v) is 6.70. The highest BCUT2D eigenvalue weighted by Crippen LogP contribution is 2.28. The molecule has 3 rings (SSSR count). The first kappa shape index (κ1) is 13.8. The van der Waals surface area contributed by atoms with Crippen molar-refractivity contribution in [2.75, 3.05) is 6.61 Å². The Morgan fingerprint density at radius 2 is 2.10 bits per heavy atom. The van der Waals surface area contributed by atoms with Crippen molar-refractivity contribution in [2.24, 2.45) is 0 Å². The average molecular weight is 287 g/mol. The summed E-state index contributed by atoms with van der Waals surface area (Å²) in [6, 6.07) is 12.8. The molecule has 2 nitrogen and oxygen atoms in total. The van der Waals surface area contributed by atoms with Gasteiger partial charge in [-0.25, -0.2) is 0 Å². The third-order valence-corrected chi connectivity index (χ3v) is 5.25. The van der Waals surface area contributed by atoms with Crippen LogP contribution in [0.1, 0.15) is 25.1 Å². The molecule has 0 amide bonds. The van der Waals surface area contributed by atoms with Gasteiger partial charge in [0.15, 0.2) is 0 Å². The fourth-order valence-electron chi connectivity index (χ4n) is 2.61. The zero-order valence-corrected chi connectivity index (χ0v) is 12.9. The second-order valence-electron chi connectivity index (χ2n) is 5.70. The number of thiophene rings is 1. The molecule has 3 heteroatoms. The maximum Gasteiger partial charge on any atom is 0.0726 e. The smallest absolute Gasteiger partial charge is 0.0726 e. The number of benzene rings is 1. The summed E-state index contributed by atoms with van der Waals surface area (Å²) >= 11 is 1.82. The summed E-state index contributed by atoms with van der Waals surface area (Å²) in [5, 5.41) is 5.91. The fourth-order valence-corrected chi connectivity index (χ4v) is 3.44. The lowest BCUT2D eigenvalue weighted by molar-refractivity contribution is 0.0882. The molecule has 2 heterocycles. The third kappa shape index (κ3) is 2.80. The van der Waals surface area contributed by atoms with Crippen LogP contribution in [-0.4, -0.2) is 18.2 Å². The van der Waals surface area contributed by atoms with Crippen LogP contribution in [0, 0.1) is 0 Å². The number of nitrogens with one attached hydrogen (secondary N) is 1. The van der Waals surface area contributed by atoms with Gasteiger partial charge in [0, 0.05) is 23.6 Å². The Hall–Kier alpha value is -1.16. The lowest BCUT2D eigenvalue weighted by Crippen LogP contribution is -2.47. The monoisotopic (exact) mass is 287 g/mol. The summed E-state index contributed by atoms with van der Waals surface area (Å²) in [5.41, 5.74) is 2.71. The second kappa shape index (κ2) is 5.68. The molecule has 106 valence electrons.